The van der Waals surface area contributed by atoms with Crippen LogP contribution in [0, 0.1) is 0 Å². The van der Waals surface area contributed by atoms with Crippen molar-refractivity contribution in [3.05, 3.63) is 60.8 Å². The lowest BCUT2D eigenvalue weighted by Crippen LogP contribution is -2.49. The number of morpholine rings is 1. The molecule has 1 atom stereocenters. The highest BCUT2D eigenvalue weighted by atomic mass is 16.5. The average molecular weight is 363 g/mol. The van der Waals surface area contributed by atoms with Crippen molar-refractivity contribution in [1.29, 1.82) is 0 Å². The molecule has 1 amide bonds. The van der Waals surface area contributed by atoms with Crippen LogP contribution in [0.3, 0.4) is 0 Å². The van der Waals surface area contributed by atoms with E-state index in [1.807, 2.05) is 54.6 Å². The molecule has 2 aromatic carbocycles. The average Bonchev–Trinajstić information content (AvgIpc) is 2.73. The fraction of sp³-hybridized carbons (Fsp3) is 0.238. The summed E-state index contributed by atoms with van der Waals surface area (Å²) in [5.41, 5.74) is 2.74. The van der Waals surface area contributed by atoms with Gasteiger partial charge < -0.3 is 19.7 Å². The van der Waals surface area contributed by atoms with Gasteiger partial charge in [0.25, 0.3) is 5.91 Å². The maximum Gasteiger partial charge on any atom is 0.253 e. The smallest absolute Gasteiger partial charge is 0.253 e. The number of aromatic nitrogens is 1. The lowest BCUT2D eigenvalue weighted by molar-refractivity contribution is -0.128. The molecule has 1 saturated heterocycles. The number of fused-ring (bicyclic) bond motifs is 1. The summed E-state index contributed by atoms with van der Waals surface area (Å²) in [6.45, 7) is 1.16. The topological polar surface area (TPSA) is 63.7 Å². The first kappa shape index (κ1) is 17.3. The molecule has 3 aromatic rings. The molecular formula is C21H21N3O3. The van der Waals surface area contributed by atoms with Crippen molar-refractivity contribution >= 4 is 28.2 Å². The molecule has 0 aliphatic carbocycles. The van der Waals surface area contributed by atoms with Crippen molar-refractivity contribution in [2.24, 2.45) is 0 Å². The molecule has 1 fully saturated rings. The van der Waals surface area contributed by atoms with E-state index in [0.717, 1.165) is 28.0 Å². The molecule has 0 bridgehead atoms. The van der Waals surface area contributed by atoms with Crippen molar-refractivity contribution in [2.45, 2.75) is 6.10 Å². The van der Waals surface area contributed by atoms with Crippen LogP contribution in [0.2, 0.25) is 0 Å². The minimum absolute atomic E-state index is 0.0387. The second-order valence-electron chi connectivity index (χ2n) is 6.40. The molecule has 1 aliphatic rings. The van der Waals surface area contributed by atoms with Gasteiger partial charge in [-0.25, -0.2) is 0 Å². The van der Waals surface area contributed by atoms with Gasteiger partial charge in [-0.15, -0.1) is 0 Å². The SMILES string of the molecule is COc1ccc(N2CC(CNc3cccc4cccnc34)OCC2=O)cc1. The van der Waals surface area contributed by atoms with Crippen molar-refractivity contribution < 1.29 is 14.3 Å². The van der Waals surface area contributed by atoms with E-state index in [0.29, 0.717) is 13.1 Å². The Morgan fingerprint density at radius 3 is 2.81 bits per heavy atom. The van der Waals surface area contributed by atoms with E-state index >= 15 is 0 Å². The van der Waals surface area contributed by atoms with Crippen LogP contribution in [0.4, 0.5) is 11.4 Å². The molecule has 138 valence electrons. The van der Waals surface area contributed by atoms with E-state index in [9.17, 15) is 4.79 Å². The van der Waals surface area contributed by atoms with E-state index in [4.69, 9.17) is 9.47 Å². The van der Waals surface area contributed by atoms with Crippen LogP contribution in [0.15, 0.2) is 60.8 Å². The number of carbonyl (C=O) groups excluding carboxylic acids is 1. The summed E-state index contributed by atoms with van der Waals surface area (Å²) >= 11 is 0. The van der Waals surface area contributed by atoms with Gasteiger partial charge in [-0.05, 0) is 36.4 Å². The number of rotatable bonds is 5. The number of amides is 1. The summed E-state index contributed by atoms with van der Waals surface area (Å²) in [4.78, 5) is 18.5. The predicted octanol–water partition coefficient (Wildman–Crippen LogP) is 3.09. The summed E-state index contributed by atoms with van der Waals surface area (Å²) in [5.74, 6) is 0.726. The number of hydrogen-bond acceptors (Lipinski definition) is 5. The van der Waals surface area contributed by atoms with Gasteiger partial charge in [0.05, 0.1) is 31.0 Å². The number of para-hydroxylation sites is 1. The standard InChI is InChI=1S/C21H21N3O3/c1-26-17-9-7-16(8-10-17)24-13-18(27-14-20(24)25)12-23-19-6-2-4-15-5-3-11-22-21(15)19/h2-11,18,23H,12-14H2,1H3. The van der Waals surface area contributed by atoms with Gasteiger partial charge in [0.2, 0.25) is 0 Å². The van der Waals surface area contributed by atoms with Crippen molar-refractivity contribution in [2.75, 3.05) is 37.0 Å². The second kappa shape index (κ2) is 7.63. The molecular weight excluding hydrogens is 342 g/mol. The summed E-state index contributed by atoms with van der Waals surface area (Å²) in [7, 11) is 1.62. The van der Waals surface area contributed by atoms with Crippen LogP contribution in [-0.2, 0) is 9.53 Å². The van der Waals surface area contributed by atoms with Crippen LogP contribution in [-0.4, -0.2) is 43.8 Å². The van der Waals surface area contributed by atoms with Crippen LogP contribution < -0.4 is 15.0 Å². The molecule has 4 rings (SSSR count). The van der Waals surface area contributed by atoms with Gasteiger partial charge in [0.1, 0.15) is 12.4 Å². The summed E-state index contributed by atoms with van der Waals surface area (Å²) in [5, 5.41) is 4.50. The highest BCUT2D eigenvalue weighted by molar-refractivity contribution is 5.95. The Morgan fingerprint density at radius 2 is 2.00 bits per heavy atom. The molecule has 1 unspecified atom stereocenters. The van der Waals surface area contributed by atoms with Crippen molar-refractivity contribution in [3.63, 3.8) is 0 Å². The monoisotopic (exact) mass is 363 g/mol. The number of pyridine rings is 1. The molecule has 6 nitrogen and oxygen atoms in total. The van der Waals surface area contributed by atoms with Crippen molar-refractivity contribution in [3.8, 4) is 5.75 Å². The number of nitrogens with one attached hydrogen (secondary N) is 1. The summed E-state index contributed by atoms with van der Waals surface area (Å²) in [6, 6.07) is 17.5. The predicted molar refractivity (Wildman–Crippen MR) is 105 cm³/mol. The Labute approximate surface area is 157 Å². The fourth-order valence-corrected chi connectivity index (χ4v) is 3.23. The van der Waals surface area contributed by atoms with Crippen LogP contribution in [0.1, 0.15) is 0 Å². The number of anilines is 2. The third-order valence-electron chi connectivity index (χ3n) is 4.67. The molecule has 0 spiro atoms. The minimum atomic E-state index is -0.108. The largest absolute Gasteiger partial charge is 0.497 e. The van der Waals surface area contributed by atoms with E-state index in [1.165, 1.54) is 0 Å². The molecule has 2 heterocycles. The van der Waals surface area contributed by atoms with Crippen LogP contribution in [0.25, 0.3) is 10.9 Å². The maximum atomic E-state index is 12.3. The molecule has 27 heavy (non-hydrogen) atoms. The van der Waals surface area contributed by atoms with E-state index in [1.54, 1.807) is 18.2 Å². The zero-order valence-electron chi connectivity index (χ0n) is 15.1. The molecule has 0 saturated carbocycles. The second-order valence-corrected chi connectivity index (χ2v) is 6.40. The molecule has 1 aromatic heterocycles. The first-order chi connectivity index (χ1) is 13.2. The number of ether oxygens (including phenoxy) is 2. The number of hydrogen-bond donors (Lipinski definition) is 1. The highest BCUT2D eigenvalue weighted by Gasteiger charge is 2.27. The van der Waals surface area contributed by atoms with E-state index < -0.39 is 0 Å². The Bertz CT molecular complexity index is 938. The molecule has 6 heteroatoms. The first-order valence-corrected chi connectivity index (χ1v) is 8.88. The van der Waals surface area contributed by atoms with Crippen LogP contribution in [0.5, 0.6) is 5.75 Å². The number of carbonyl (C=O) groups is 1. The Balaban J connectivity index is 1.45. The van der Waals surface area contributed by atoms with E-state index in [-0.39, 0.29) is 18.6 Å². The third-order valence-corrected chi connectivity index (χ3v) is 4.67. The number of benzene rings is 2. The van der Waals surface area contributed by atoms with Gasteiger partial charge in [-0.1, -0.05) is 18.2 Å². The number of nitrogens with zero attached hydrogens (tertiary/aromatic N) is 2. The minimum Gasteiger partial charge on any atom is -0.497 e. The lowest BCUT2D eigenvalue weighted by atomic mass is 10.1. The quantitative estimate of drug-likeness (QED) is 0.755. The van der Waals surface area contributed by atoms with Gasteiger partial charge in [0.15, 0.2) is 0 Å². The zero-order chi connectivity index (χ0) is 18.6. The van der Waals surface area contributed by atoms with Gasteiger partial charge in [-0.3, -0.25) is 9.78 Å². The molecule has 0 radical (unpaired) electrons. The lowest BCUT2D eigenvalue weighted by Gasteiger charge is -2.33. The number of methoxy groups -OCH3 is 1. The van der Waals surface area contributed by atoms with Crippen molar-refractivity contribution in [1.82, 2.24) is 4.98 Å². The third kappa shape index (κ3) is 3.71. The maximum absolute atomic E-state index is 12.3. The molecule has 1 aliphatic heterocycles. The summed E-state index contributed by atoms with van der Waals surface area (Å²) < 4.78 is 10.9. The fourth-order valence-electron chi connectivity index (χ4n) is 3.23. The van der Waals surface area contributed by atoms with Gasteiger partial charge >= 0.3 is 0 Å². The summed E-state index contributed by atoms with van der Waals surface area (Å²) in [6.07, 6.45) is 1.68. The Morgan fingerprint density at radius 1 is 1.19 bits per heavy atom. The van der Waals surface area contributed by atoms with E-state index in [2.05, 4.69) is 10.3 Å². The zero-order valence-corrected chi connectivity index (χ0v) is 15.1. The Kier molecular flexibility index (Phi) is 4.89. The van der Waals surface area contributed by atoms with Crippen LogP contribution >= 0.6 is 0 Å². The van der Waals surface area contributed by atoms with Gasteiger partial charge in [-0.2, -0.15) is 0 Å². The van der Waals surface area contributed by atoms with Gasteiger partial charge in [0, 0.05) is 23.8 Å². The Hall–Kier alpha value is -3.12. The highest BCUT2D eigenvalue weighted by Crippen LogP contribution is 2.23. The first-order valence-electron chi connectivity index (χ1n) is 8.88. The molecule has 1 N–H and O–H groups in total. The normalized spacial score (nSPS) is 17.1.